The second kappa shape index (κ2) is 7.49. The van der Waals surface area contributed by atoms with Crippen molar-refractivity contribution in [1.82, 2.24) is 0 Å². The zero-order valence-electron chi connectivity index (χ0n) is 13.1. The van der Waals surface area contributed by atoms with Gasteiger partial charge in [0.15, 0.2) is 0 Å². The predicted octanol–water partition coefficient (Wildman–Crippen LogP) is 2.49. The molecule has 0 saturated carbocycles. The maximum atomic E-state index is 11.8. The highest BCUT2D eigenvalue weighted by Gasteiger charge is 2.27. The average molecular weight is 308 g/mol. The van der Waals surface area contributed by atoms with Crippen LogP contribution in [0.25, 0.3) is 0 Å². The lowest BCUT2D eigenvalue weighted by molar-refractivity contribution is -0.155. The zero-order chi connectivity index (χ0) is 16.8. The van der Waals surface area contributed by atoms with E-state index in [1.807, 2.05) is 6.07 Å². The summed E-state index contributed by atoms with van der Waals surface area (Å²) in [6.45, 7) is 4.92. The molecule has 0 unspecified atom stereocenters. The van der Waals surface area contributed by atoms with Gasteiger partial charge in [0, 0.05) is 0 Å². The molecule has 0 saturated heterocycles. The second-order valence-corrected chi connectivity index (χ2v) is 5.45. The van der Waals surface area contributed by atoms with Crippen LogP contribution in [0.1, 0.15) is 26.3 Å². The standard InChI is InChI=1S/C16H20O6/c1-16(2,3)22-14(18)12(17)13(15(19)20-4)21-10-11-8-6-5-7-9-11/h5-9,17H,10H2,1-4H3. The first-order valence-electron chi connectivity index (χ1n) is 6.66. The van der Waals surface area contributed by atoms with Gasteiger partial charge in [-0.25, -0.2) is 9.59 Å². The van der Waals surface area contributed by atoms with Crippen molar-refractivity contribution in [2.45, 2.75) is 33.0 Å². The highest BCUT2D eigenvalue weighted by atomic mass is 16.6. The molecule has 1 aromatic rings. The molecule has 6 heteroatoms. The summed E-state index contributed by atoms with van der Waals surface area (Å²) in [5.41, 5.74) is -0.0491. The number of rotatable bonds is 5. The first-order chi connectivity index (χ1) is 10.2. The number of hydrogen-bond donors (Lipinski definition) is 1. The van der Waals surface area contributed by atoms with Crippen LogP contribution >= 0.6 is 0 Å². The van der Waals surface area contributed by atoms with E-state index in [2.05, 4.69) is 4.74 Å². The molecule has 0 aliphatic heterocycles. The number of methoxy groups -OCH3 is 1. The molecule has 1 rings (SSSR count). The van der Waals surface area contributed by atoms with Crippen molar-refractivity contribution in [3.8, 4) is 0 Å². The third-order valence-electron chi connectivity index (χ3n) is 2.40. The van der Waals surface area contributed by atoms with Crippen molar-refractivity contribution < 1.29 is 28.9 Å². The monoisotopic (exact) mass is 308 g/mol. The van der Waals surface area contributed by atoms with Gasteiger partial charge in [-0.05, 0) is 26.3 Å². The van der Waals surface area contributed by atoms with Crippen molar-refractivity contribution in [3.63, 3.8) is 0 Å². The molecule has 0 radical (unpaired) electrons. The van der Waals surface area contributed by atoms with Gasteiger partial charge in [-0.3, -0.25) is 0 Å². The quantitative estimate of drug-likeness (QED) is 0.511. The van der Waals surface area contributed by atoms with E-state index in [-0.39, 0.29) is 6.61 Å². The third kappa shape index (κ3) is 5.47. The van der Waals surface area contributed by atoms with E-state index in [0.717, 1.165) is 12.7 Å². The smallest absolute Gasteiger partial charge is 0.378 e. The number of carbonyl (C=O) groups excluding carboxylic acids is 2. The lowest BCUT2D eigenvalue weighted by Crippen LogP contribution is -2.26. The molecule has 120 valence electrons. The second-order valence-electron chi connectivity index (χ2n) is 5.45. The Bertz CT molecular complexity index is 554. The van der Waals surface area contributed by atoms with Crippen LogP contribution in [-0.4, -0.2) is 29.8 Å². The van der Waals surface area contributed by atoms with Gasteiger partial charge >= 0.3 is 11.9 Å². The number of carbonyl (C=O) groups is 2. The topological polar surface area (TPSA) is 82.1 Å². The number of aliphatic hydroxyl groups is 1. The normalized spacial score (nSPS) is 12.2. The largest absolute Gasteiger partial charge is 0.499 e. The Morgan fingerprint density at radius 1 is 1.09 bits per heavy atom. The summed E-state index contributed by atoms with van der Waals surface area (Å²) in [5.74, 6) is -3.52. The minimum atomic E-state index is -1.05. The average Bonchev–Trinajstić information content (AvgIpc) is 2.46. The molecule has 0 fully saturated rings. The van der Waals surface area contributed by atoms with Crippen LogP contribution in [0, 0.1) is 0 Å². The molecule has 1 aromatic carbocycles. The Hall–Kier alpha value is -2.50. The third-order valence-corrected chi connectivity index (χ3v) is 2.40. The van der Waals surface area contributed by atoms with Crippen LogP contribution in [-0.2, 0) is 30.4 Å². The van der Waals surface area contributed by atoms with Crippen molar-refractivity contribution >= 4 is 11.9 Å². The van der Waals surface area contributed by atoms with Crippen molar-refractivity contribution in [2.24, 2.45) is 0 Å². The fraction of sp³-hybridized carbons (Fsp3) is 0.375. The molecular formula is C16H20O6. The Morgan fingerprint density at radius 3 is 2.18 bits per heavy atom. The lowest BCUT2D eigenvalue weighted by Gasteiger charge is -2.19. The van der Waals surface area contributed by atoms with E-state index in [1.54, 1.807) is 45.0 Å². The highest BCUT2D eigenvalue weighted by molar-refractivity contribution is 5.97. The summed E-state index contributed by atoms with van der Waals surface area (Å²) < 4.78 is 14.7. The van der Waals surface area contributed by atoms with Crippen LogP contribution in [0.15, 0.2) is 41.9 Å². The van der Waals surface area contributed by atoms with E-state index in [4.69, 9.17) is 9.47 Å². The predicted molar refractivity (Wildman–Crippen MR) is 78.7 cm³/mol. The number of hydrogen-bond acceptors (Lipinski definition) is 6. The van der Waals surface area contributed by atoms with E-state index < -0.39 is 29.1 Å². The molecule has 0 bridgehead atoms. The maximum Gasteiger partial charge on any atom is 0.378 e. The fourth-order valence-electron chi connectivity index (χ4n) is 1.47. The zero-order valence-corrected chi connectivity index (χ0v) is 13.1. The van der Waals surface area contributed by atoms with Crippen LogP contribution in [0.2, 0.25) is 0 Å². The molecule has 1 N–H and O–H groups in total. The molecule has 0 amide bonds. The molecule has 22 heavy (non-hydrogen) atoms. The van der Waals surface area contributed by atoms with Gasteiger partial charge in [-0.1, -0.05) is 30.3 Å². The SMILES string of the molecule is COC(=O)C(OCc1ccccc1)=C(O)C(=O)OC(C)(C)C. The lowest BCUT2D eigenvalue weighted by atomic mass is 10.2. The van der Waals surface area contributed by atoms with Crippen LogP contribution in [0.4, 0.5) is 0 Å². The number of benzene rings is 1. The Morgan fingerprint density at radius 2 is 1.68 bits per heavy atom. The minimum Gasteiger partial charge on any atom is -0.499 e. The van der Waals surface area contributed by atoms with Crippen molar-refractivity contribution in [2.75, 3.05) is 7.11 Å². The van der Waals surface area contributed by atoms with Crippen molar-refractivity contribution in [1.29, 1.82) is 0 Å². The fourth-order valence-corrected chi connectivity index (χ4v) is 1.47. The molecule has 0 aromatic heterocycles. The molecule has 0 aliphatic rings. The first kappa shape index (κ1) is 17.6. The van der Waals surface area contributed by atoms with Crippen LogP contribution in [0.5, 0.6) is 0 Å². The summed E-state index contributed by atoms with van der Waals surface area (Å²) in [6.07, 6.45) is 0. The Balaban J connectivity index is 2.93. The van der Waals surface area contributed by atoms with Gasteiger partial charge in [-0.15, -0.1) is 0 Å². The maximum absolute atomic E-state index is 11.8. The van der Waals surface area contributed by atoms with Gasteiger partial charge in [0.2, 0.25) is 0 Å². The summed E-state index contributed by atoms with van der Waals surface area (Å²) in [5, 5.41) is 9.90. The van der Waals surface area contributed by atoms with Gasteiger partial charge in [0.1, 0.15) is 12.2 Å². The summed E-state index contributed by atoms with van der Waals surface area (Å²) in [7, 11) is 1.12. The number of esters is 2. The molecular weight excluding hydrogens is 288 g/mol. The van der Waals surface area contributed by atoms with Gasteiger partial charge in [-0.2, -0.15) is 0 Å². The number of aliphatic hydroxyl groups excluding tert-OH is 1. The molecule has 0 aliphatic carbocycles. The molecule has 0 spiro atoms. The van der Waals surface area contributed by atoms with Gasteiger partial charge < -0.3 is 19.3 Å². The van der Waals surface area contributed by atoms with Gasteiger partial charge in [0.25, 0.3) is 11.5 Å². The van der Waals surface area contributed by atoms with Crippen molar-refractivity contribution in [3.05, 3.63) is 47.4 Å². The van der Waals surface area contributed by atoms with Gasteiger partial charge in [0.05, 0.1) is 7.11 Å². The van der Waals surface area contributed by atoms with E-state index in [9.17, 15) is 14.7 Å². The Kier molecular flexibility index (Phi) is 5.98. The number of ether oxygens (including phenoxy) is 3. The Labute approximate surface area is 129 Å². The summed E-state index contributed by atoms with van der Waals surface area (Å²) in [6, 6.07) is 8.99. The van der Waals surface area contributed by atoms with E-state index in [0.29, 0.717) is 0 Å². The highest BCUT2D eigenvalue weighted by Crippen LogP contribution is 2.15. The summed E-state index contributed by atoms with van der Waals surface area (Å²) in [4.78, 5) is 23.5. The molecule has 0 atom stereocenters. The molecule has 6 nitrogen and oxygen atoms in total. The van der Waals surface area contributed by atoms with Crippen LogP contribution < -0.4 is 0 Å². The summed E-state index contributed by atoms with van der Waals surface area (Å²) >= 11 is 0. The van der Waals surface area contributed by atoms with Crippen LogP contribution in [0.3, 0.4) is 0 Å². The van der Waals surface area contributed by atoms with E-state index in [1.165, 1.54) is 0 Å². The minimum absolute atomic E-state index is 0.00185. The first-order valence-corrected chi connectivity index (χ1v) is 6.66. The molecule has 0 heterocycles. The van der Waals surface area contributed by atoms with E-state index >= 15 is 0 Å².